The zero-order chi connectivity index (χ0) is 19.7. The Morgan fingerprint density at radius 2 is 0.750 bits per heavy atom. The van der Waals surface area contributed by atoms with Gasteiger partial charge in [-0.3, -0.25) is 19.2 Å². The predicted molar refractivity (Wildman–Crippen MR) is 105 cm³/mol. The predicted octanol–water partition coefficient (Wildman–Crippen LogP) is 2.72. The van der Waals surface area contributed by atoms with Crippen LogP contribution in [-0.2, 0) is 19.2 Å². The third-order valence-electron chi connectivity index (χ3n) is 4.39. The van der Waals surface area contributed by atoms with E-state index in [-0.39, 0.29) is 23.6 Å². The van der Waals surface area contributed by atoms with Gasteiger partial charge in [0.15, 0.2) is 0 Å². The van der Waals surface area contributed by atoms with Crippen molar-refractivity contribution in [2.75, 3.05) is 9.80 Å². The third kappa shape index (κ3) is 3.19. The van der Waals surface area contributed by atoms with Crippen LogP contribution < -0.4 is 9.80 Å². The van der Waals surface area contributed by atoms with E-state index in [1.165, 1.54) is 24.3 Å². The van der Waals surface area contributed by atoms with Gasteiger partial charge in [-0.2, -0.15) is 0 Å². The lowest BCUT2D eigenvalue weighted by atomic mass is 10.1. The number of nitrogens with zero attached hydrogens (tertiary/aromatic N) is 2. The fraction of sp³-hybridized carbons (Fsp3) is 0. The van der Waals surface area contributed by atoms with Gasteiger partial charge in [0, 0.05) is 24.3 Å². The van der Waals surface area contributed by atoms with E-state index in [4.69, 9.17) is 0 Å². The maximum absolute atomic E-state index is 11.7. The Morgan fingerprint density at radius 3 is 1.04 bits per heavy atom. The molecule has 0 N–H and O–H groups in total. The topological polar surface area (TPSA) is 74.8 Å². The summed E-state index contributed by atoms with van der Waals surface area (Å²) < 4.78 is 0. The third-order valence-corrected chi connectivity index (χ3v) is 4.39. The van der Waals surface area contributed by atoms with Gasteiger partial charge in [-0.1, -0.05) is 36.4 Å². The molecule has 0 saturated heterocycles. The highest BCUT2D eigenvalue weighted by Crippen LogP contribution is 2.22. The van der Waals surface area contributed by atoms with Crippen molar-refractivity contribution in [3.63, 3.8) is 0 Å². The second kappa shape index (κ2) is 6.92. The van der Waals surface area contributed by atoms with E-state index in [1.54, 1.807) is 24.3 Å². The van der Waals surface area contributed by atoms with Crippen molar-refractivity contribution >= 4 is 47.2 Å². The maximum Gasteiger partial charge on any atom is 0.258 e. The molecule has 0 aromatic heterocycles. The molecule has 2 aromatic rings. The molecule has 0 bridgehead atoms. The van der Waals surface area contributed by atoms with Crippen LogP contribution in [-0.4, -0.2) is 23.6 Å². The normalized spacial score (nSPS) is 16.3. The van der Waals surface area contributed by atoms with E-state index >= 15 is 0 Å². The van der Waals surface area contributed by atoms with Crippen LogP contribution in [0.15, 0.2) is 72.8 Å². The quantitative estimate of drug-likeness (QED) is 0.613. The van der Waals surface area contributed by atoms with Crippen molar-refractivity contribution in [3.8, 4) is 0 Å². The molecule has 0 aliphatic carbocycles. The number of amides is 4. The summed E-state index contributed by atoms with van der Waals surface area (Å²) in [5.74, 6) is -1.39. The van der Waals surface area contributed by atoms with E-state index in [0.29, 0.717) is 11.4 Å². The molecule has 4 rings (SSSR count). The molecule has 28 heavy (non-hydrogen) atoms. The number of hydrogen-bond acceptors (Lipinski definition) is 4. The van der Waals surface area contributed by atoms with Crippen LogP contribution >= 0.6 is 0 Å². The number of hydrogen-bond donors (Lipinski definition) is 0. The van der Waals surface area contributed by atoms with E-state index in [0.717, 1.165) is 20.9 Å². The van der Waals surface area contributed by atoms with Crippen molar-refractivity contribution in [1.82, 2.24) is 0 Å². The zero-order valence-electron chi connectivity index (χ0n) is 14.6. The van der Waals surface area contributed by atoms with Crippen molar-refractivity contribution in [2.45, 2.75) is 0 Å². The van der Waals surface area contributed by atoms with Crippen LogP contribution in [0.25, 0.3) is 12.2 Å². The second-order valence-electron chi connectivity index (χ2n) is 6.21. The SMILES string of the molecule is O=C1C=CC(=O)N1c1ccc(/C=C/c2ccc(N3C(=O)C=CC3=O)cc2)cc1. The van der Waals surface area contributed by atoms with Crippen molar-refractivity contribution in [2.24, 2.45) is 0 Å². The maximum atomic E-state index is 11.7. The van der Waals surface area contributed by atoms with E-state index in [2.05, 4.69) is 0 Å². The standard InChI is InChI=1S/C22H14N2O4/c25-19-11-12-20(26)23(19)17-7-3-15(4-8-17)1-2-16-5-9-18(10-6-16)24-21(27)13-14-22(24)28/h1-14H/b2-1+. The van der Waals surface area contributed by atoms with Gasteiger partial charge < -0.3 is 0 Å². The first kappa shape index (κ1) is 17.4. The Labute approximate surface area is 160 Å². The number of benzene rings is 2. The lowest BCUT2D eigenvalue weighted by Gasteiger charge is -2.14. The first-order valence-corrected chi connectivity index (χ1v) is 8.53. The largest absolute Gasteiger partial charge is 0.269 e. The van der Waals surface area contributed by atoms with Crippen LogP contribution in [0.2, 0.25) is 0 Å². The van der Waals surface area contributed by atoms with Gasteiger partial charge >= 0.3 is 0 Å². The lowest BCUT2D eigenvalue weighted by Crippen LogP contribution is -2.29. The molecular weight excluding hydrogens is 356 g/mol. The minimum Gasteiger partial charge on any atom is -0.269 e. The van der Waals surface area contributed by atoms with Gasteiger partial charge in [-0.25, -0.2) is 9.80 Å². The Bertz CT molecular complexity index is 953. The van der Waals surface area contributed by atoms with E-state index < -0.39 is 0 Å². The Morgan fingerprint density at radius 1 is 0.464 bits per heavy atom. The van der Waals surface area contributed by atoms with E-state index in [1.807, 2.05) is 36.4 Å². The lowest BCUT2D eigenvalue weighted by molar-refractivity contribution is -0.121. The fourth-order valence-corrected chi connectivity index (χ4v) is 2.97. The van der Waals surface area contributed by atoms with Crippen LogP contribution in [0.3, 0.4) is 0 Å². The number of anilines is 2. The molecule has 0 fully saturated rings. The number of carbonyl (C=O) groups is 4. The highest BCUT2D eigenvalue weighted by atomic mass is 16.2. The monoisotopic (exact) mass is 370 g/mol. The van der Waals surface area contributed by atoms with Crippen molar-refractivity contribution in [3.05, 3.63) is 84.0 Å². The summed E-state index contributed by atoms with van der Waals surface area (Å²) in [4.78, 5) is 49.0. The molecule has 6 nitrogen and oxygen atoms in total. The molecule has 0 atom stereocenters. The number of rotatable bonds is 4. The van der Waals surface area contributed by atoms with Gasteiger partial charge in [0.2, 0.25) is 0 Å². The molecule has 2 aliphatic heterocycles. The summed E-state index contributed by atoms with van der Waals surface area (Å²) in [6, 6.07) is 14.1. The van der Waals surface area contributed by atoms with E-state index in [9.17, 15) is 19.2 Å². The number of imide groups is 2. The average molecular weight is 370 g/mol. The minimum atomic E-state index is -0.349. The second-order valence-corrected chi connectivity index (χ2v) is 6.21. The molecule has 2 aromatic carbocycles. The summed E-state index contributed by atoms with van der Waals surface area (Å²) in [7, 11) is 0. The Hall–Kier alpha value is -4.06. The first-order valence-electron chi connectivity index (χ1n) is 8.53. The average Bonchev–Trinajstić information content (AvgIpc) is 3.22. The summed E-state index contributed by atoms with van der Waals surface area (Å²) in [5.41, 5.74) is 2.84. The number of carbonyl (C=O) groups excluding carboxylic acids is 4. The summed E-state index contributed by atoms with van der Waals surface area (Å²) in [5, 5.41) is 0. The zero-order valence-corrected chi connectivity index (χ0v) is 14.6. The Kier molecular flexibility index (Phi) is 4.29. The fourth-order valence-electron chi connectivity index (χ4n) is 2.97. The molecule has 0 saturated carbocycles. The van der Waals surface area contributed by atoms with Gasteiger partial charge in [-0.15, -0.1) is 0 Å². The first-order chi connectivity index (χ1) is 13.5. The summed E-state index contributed by atoms with van der Waals surface area (Å²) in [6.45, 7) is 0. The van der Waals surface area contributed by atoms with Gasteiger partial charge in [0.1, 0.15) is 0 Å². The van der Waals surface area contributed by atoms with Crippen molar-refractivity contribution in [1.29, 1.82) is 0 Å². The smallest absolute Gasteiger partial charge is 0.258 e. The summed E-state index contributed by atoms with van der Waals surface area (Å²) in [6.07, 6.45) is 8.77. The molecule has 4 amide bonds. The van der Waals surface area contributed by atoms with Crippen LogP contribution in [0.1, 0.15) is 11.1 Å². The molecule has 2 aliphatic rings. The summed E-state index contributed by atoms with van der Waals surface area (Å²) >= 11 is 0. The molecule has 2 heterocycles. The molecule has 6 heteroatoms. The minimum absolute atomic E-state index is 0.349. The van der Waals surface area contributed by atoms with Crippen LogP contribution in [0, 0.1) is 0 Å². The Balaban J connectivity index is 1.46. The molecular formula is C22H14N2O4. The molecule has 0 spiro atoms. The van der Waals surface area contributed by atoms with Gasteiger partial charge in [-0.05, 0) is 35.4 Å². The van der Waals surface area contributed by atoms with Crippen LogP contribution in [0.4, 0.5) is 11.4 Å². The van der Waals surface area contributed by atoms with Gasteiger partial charge in [0.05, 0.1) is 11.4 Å². The molecule has 0 radical (unpaired) electrons. The molecule has 0 unspecified atom stereocenters. The van der Waals surface area contributed by atoms with Crippen molar-refractivity contribution < 1.29 is 19.2 Å². The molecule has 136 valence electrons. The van der Waals surface area contributed by atoms with Crippen LogP contribution in [0.5, 0.6) is 0 Å². The van der Waals surface area contributed by atoms with Gasteiger partial charge in [0.25, 0.3) is 23.6 Å². The highest BCUT2D eigenvalue weighted by molar-refractivity contribution is 6.28. The highest BCUT2D eigenvalue weighted by Gasteiger charge is 2.25.